The van der Waals surface area contributed by atoms with E-state index in [0.717, 1.165) is 19.1 Å². The molecule has 0 bridgehead atoms. The molecule has 40 heavy (non-hydrogen) atoms. The van der Waals surface area contributed by atoms with Crippen molar-refractivity contribution in [2.24, 2.45) is 0 Å². The van der Waals surface area contributed by atoms with E-state index in [-0.39, 0.29) is 10.6 Å². The van der Waals surface area contributed by atoms with Crippen LogP contribution in [-0.4, -0.2) is 29.0 Å². The maximum absolute atomic E-state index is 12.6. The van der Waals surface area contributed by atoms with Crippen LogP contribution in [-0.2, 0) is 4.79 Å². The highest BCUT2D eigenvalue weighted by Gasteiger charge is 2.16. The lowest BCUT2D eigenvalue weighted by atomic mass is 9.88. The Morgan fingerprint density at radius 3 is 1.75 bits per heavy atom. The predicted molar refractivity (Wildman–Crippen MR) is 180 cm³/mol. The van der Waals surface area contributed by atoms with Gasteiger partial charge in [-0.05, 0) is 51.2 Å². The Hall–Kier alpha value is -2.85. The summed E-state index contributed by atoms with van der Waals surface area (Å²) in [4.78, 5) is 10.7. The van der Waals surface area contributed by atoms with Crippen molar-refractivity contribution >= 4 is 18.9 Å². The summed E-state index contributed by atoms with van der Waals surface area (Å²) in [6.07, 6.45) is 12.6. The van der Waals surface area contributed by atoms with E-state index in [4.69, 9.17) is 4.79 Å². The highest BCUT2D eigenvalue weighted by molar-refractivity contribution is 7.81. The number of nitrogens with zero attached hydrogens (tertiary/aromatic N) is 1. The summed E-state index contributed by atoms with van der Waals surface area (Å²) in [5.74, 6) is 0.398. The quantitative estimate of drug-likeness (QED) is 0.204. The van der Waals surface area contributed by atoms with Crippen LogP contribution in [0.15, 0.2) is 110 Å². The van der Waals surface area contributed by atoms with Gasteiger partial charge in [0.2, 0.25) is 0 Å². The molecule has 0 N–H and O–H groups in total. The lowest BCUT2D eigenvalue weighted by molar-refractivity contribution is -0.106. The topological polar surface area (TPSA) is 20.3 Å². The van der Waals surface area contributed by atoms with Crippen molar-refractivity contribution in [3.05, 3.63) is 121 Å². The van der Waals surface area contributed by atoms with Crippen molar-refractivity contribution in [2.75, 3.05) is 7.05 Å². The van der Waals surface area contributed by atoms with E-state index < -0.39 is 0 Å². The molecule has 0 aliphatic heterocycles. The van der Waals surface area contributed by atoms with Gasteiger partial charge in [0, 0.05) is 30.0 Å². The molecule has 1 aliphatic rings. The standard InChI is InChI=1S/C16H18.C11H16FN.C4H10S.C3H6.C2H4O/c1-2-9-16(14-10-5-3-6-11-14)15-12-7-4-8-13-15;1-4-10-5-6-11(7-10)13(3)8-9(2)12;1-4(2,3)5;1-3-2;1-2-3/h3-8,10-13,16H,2,9H2,1H3;4,7-8,11H,1,5-6H2,2-3H3;5H,1-3H3;3H,1H2,2H3;2H,1H3/b;9-8+;;;. The van der Waals surface area contributed by atoms with Crippen LogP contribution >= 0.6 is 12.6 Å². The number of aldehydes is 1. The molecule has 1 unspecified atom stereocenters. The highest BCUT2D eigenvalue weighted by atomic mass is 32.1. The molecule has 0 spiro atoms. The van der Waals surface area contributed by atoms with E-state index >= 15 is 0 Å². The van der Waals surface area contributed by atoms with Crippen LogP contribution in [0, 0.1) is 0 Å². The van der Waals surface area contributed by atoms with Crippen LogP contribution in [0.3, 0.4) is 0 Å². The Morgan fingerprint density at radius 2 is 1.45 bits per heavy atom. The zero-order valence-corrected chi connectivity index (χ0v) is 27.1. The van der Waals surface area contributed by atoms with Gasteiger partial charge in [-0.25, -0.2) is 4.39 Å². The number of thiol groups is 1. The van der Waals surface area contributed by atoms with Gasteiger partial charge in [-0.15, -0.1) is 6.58 Å². The molecule has 0 radical (unpaired) electrons. The molecule has 4 heteroatoms. The largest absolute Gasteiger partial charge is 0.372 e. The molecule has 0 fully saturated rings. The fourth-order valence-electron chi connectivity index (χ4n) is 3.78. The monoisotopic (exact) mass is 567 g/mol. The average molecular weight is 568 g/mol. The Labute approximate surface area is 251 Å². The van der Waals surface area contributed by atoms with Gasteiger partial charge >= 0.3 is 0 Å². The predicted octanol–water partition coefficient (Wildman–Crippen LogP) is 10.8. The molecule has 2 nitrogen and oxygen atoms in total. The summed E-state index contributed by atoms with van der Waals surface area (Å²) in [6, 6.07) is 21.9. The third-order valence-corrected chi connectivity index (χ3v) is 5.28. The molecule has 0 aromatic heterocycles. The Balaban J connectivity index is 0. The number of hydrogen-bond acceptors (Lipinski definition) is 3. The third-order valence-electron chi connectivity index (χ3n) is 5.28. The summed E-state index contributed by atoms with van der Waals surface area (Å²) in [6.45, 7) is 20.3. The van der Waals surface area contributed by atoms with Crippen LogP contribution in [0.5, 0.6) is 0 Å². The molecular weight excluding hydrogens is 513 g/mol. The number of halogens is 1. The van der Waals surface area contributed by atoms with Gasteiger partial charge in [0.05, 0.1) is 0 Å². The van der Waals surface area contributed by atoms with Crippen molar-refractivity contribution < 1.29 is 9.18 Å². The molecule has 0 amide bonds. The van der Waals surface area contributed by atoms with Crippen LogP contribution < -0.4 is 0 Å². The van der Waals surface area contributed by atoms with Crippen molar-refractivity contribution in [1.82, 2.24) is 4.90 Å². The van der Waals surface area contributed by atoms with Crippen LogP contribution in [0.25, 0.3) is 0 Å². The lowest BCUT2D eigenvalue weighted by Crippen LogP contribution is -2.22. The van der Waals surface area contributed by atoms with Crippen molar-refractivity contribution in [2.45, 2.75) is 90.9 Å². The van der Waals surface area contributed by atoms with Crippen molar-refractivity contribution in [3.8, 4) is 0 Å². The molecule has 0 heterocycles. The number of carbonyl (C=O) groups excluding carboxylic acids is 1. The molecular formula is C36H54FNOS. The van der Waals surface area contributed by atoms with Crippen molar-refractivity contribution in [3.63, 3.8) is 0 Å². The highest BCUT2D eigenvalue weighted by Crippen LogP contribution is 2.28. The minimum Gasteiger partial charge on any atom is -0.372 e. The van der Waals surface area contributed by atoms with Crippen LogP contribution in [0.2, 0.25) is 0 Å². The Morgan fingerprint density at radius 1 is 1.05 bits per heavy atom. The minimum absolute atomic E-state index is 0.150. The van der Waals surface area contributed by atoms with E-state index in [9.17, 15) is 4.39 Å². The molecule has 0 saturated carbocycles. The maximum Gasteiger partial charge on any atom is 0.116 e. The molecule has 1 aliphatic carbocycles. The summed E-state index contributed by atoms with van der Waals surface area (Å²) in [5, 5.41) is 0. The van der Waals surface area contributed by atoms with E-state index in [2.05, 4.69) is 120 Å². The van der Waals surface area contributed by atoms with E-state index in [1.165, 1.54) is 49.6 Å². The SMILES string of the molecule is C=CC.C=CC1=CC(N(C)/C=C(\C)F)CC1.CC(C)(C)S.CC=O.CCCC(c1ccccc1)c1ccccc1. The smallest absolute Gasteiger partial charge is 0.116 e. The first-order valence-electron chi connectivity index (χ1n) is 14.1. The summed E-state index contributed by atoms with van der Waals surface area (Å²) >= 11 is 4.12. The molecule has 2 aromatic carbocycles. The molecule has 3 rings (SSSR count). The summed E-state index contributed by atoms with van der Waals surface area (Å²) < 4.78 is 12.8. The van der Waals surface area contributed by atoms with Gasteiger partial charge in [-0.3, -0.25) is 0 Å². The number of allylic oxidation sites excluding steroid dienone is 4. The third kappa shape index (κ3) is 22.0. The number of hydrogen-bond donors (Lipinski definition) is 1. The second-order valence-electron chi connectivity index (χ2n) is 10.4. The molecule has 2 aromatic rings. The zero-order valence-electron chi connectivity index (χ0n) is 26.2. The van der Waals surface area contributed by atoms with Crippen molar-refractivity contribution in [1.29, 1.82) is 0 Å². The summed E-state index contributed by atoms with van der Waals surface area (Å²) in [7, 11) is 1.90. The first-order chi connectivity index (χ1) is 18.9. The average Bonchev–Trinajstić information content (AvgIpc) is 3.38. The van der Waals surface area contributed by atoms with Crippen LogP contribution in [0.4, 0.5) is 4.39 Å². The lowest BCUT2D eigenvalue weighted by Gasteiger charge is -2.20. The summed E-state index contributed by atoms with van der Waals surface area (Å²) in [5.41, 5.74) is 4.12. The first-order valence-corrected chi connectivity index (χ1v) is 14.5. The normalized spacial score (nSPS) is 13.8. The van der Waals surface area contributed by atoms with Gasteiger partial charge in [0.15, 0.2) is 0 Å². The number of benzene rings is 2. The molecule has 222 valence electrons. The number of carbonyl (C=O) groups is 1. The fraction of sp³-hybridized carbons (Fsp3) is 0.417. The van der Waals surface area contributed by atoms with Gasteiger partial charge < -0.3 is 9.69 Å². The second-order valence-corrected chi connectivity index (χ2v) is 11.8. The Bertz CT molecular complexity index is 921. The van der Waals surface area contributed by atoms with Gasteiger partial charge in [-0.2, -0.15) is 12.6 Å². The van der Waals surface area contributed by atoms with Gasteiger partial charge in [-0.1, -0.05) is 125 Å². The van der Waals surface area contributed by atoms with E-state index in [0.29, 0.717) is 12.0 Å². The number of likely N-dealkylation sites (N-methyl/N-ethyl adjacent to an activating group) is 1. The van der Waals surface area contributed by atoms with Gasteiger partial charge in [0.25, 0.3) is 0 Å². The zero-order chi connectivity index (χ0) is 31.0. The minimum atomic E-state index is -0.150. The van der Waals surface area contributed by atoms with E-state index in [1.807, 2.05) is 24.9 Å². The first kappa shape index (κ1) is 39.3. The molecule has 1 atom stereocenters. The van der Waals surface area contributed by atoms with E-state index in [1.54, 1.807) is 6.08 Å². The maximum atomic E-state index is 12.6. The van der Waals surface area contributed by atoms with Crippen LogP contribution in [0.1, 0.15) is 91.2 Å². The number of rotatable bonds is 7. The Kier molecular flexibility index (Phi) is 23.6. The van der Waals surface area contributed by atoms with Gasteiger partial charge in [0.1, 0.15) is 12.1 Å². The molecule has 0 saturated heterocycles. The second kappa shape index (κ2) is 24.0. The fourth-order valence-corrected chi connectivity index (χ4v) is 3.78.